The Balaban J connectivity index is 2.86. The maximum atomic E-state index is 12.1. The molecule has 1 heterocycles. The average molecular weight is 245 g/mol. The maximum Gasteiger partial charge on any atom is 0.255 e. The lowest BCUT2D eigenvalue weighted by Gasteiger charge is -2.19. The minimum absolute atomic E-state index is 0.0346. The number of hydrogen-bond donors (Lipinski definition) is 1. The molecule has 96 valence electrons. The number of nitrogens with two attached hydrogens (primary N) is 1. The van der Waals surface area contributed by atoms with E-state index < -0.39 is 0 Å². The lowest BCUT2D eigenvalue weighted by Crippen LogP contribution is -2.30. The Kier molecular flexibility index (Phi) is 5.34. The van der Waals surface area contributed by atoms with Crippen LogP contribution in [0.3, 0.4) is 0 Å². The summed E-state index contributed by atoms with van der Waals surface area (Å²) in [5, 5.41) is 0. The van der Waals surface area contributed by atoms with Crippen LogP contribution in [-0.4, -0.2) is 35.9 Å². The Morgan fingerprint density at radius 3 is 2.83 bits per heavy atom. The van der Waals surface area contributed by atoms with Gasteiger partial charge >= 0.3 is 0 Å². The van der Waals surface area contributed by atoms with E-state index in [-0.39, 0.29) is 5.91 Å². The molecular formula is C14H19N3O. The minimum Gasteiger partial charge on any atom is -0.341 e. The van der Waals surface area contributed by atoms with Gasteiger partial charge in [-0.15, -0.1) is 0 Å². The number of aromatic nitrogens is 1. The second-order valence-electron chi connectivity index (χ2n) is 4.55. The van der Waals surface area contributed by atoms with Crippen LogP contribution in [0.25, 0.3) is 0 Å². The summed E-state index contributed by atoms with van der Waals surface area (Å²) in [5.74, 6) is 6.02. The first-order chi connectivity index (χ1) is 8.54. The van der Waals surface area contributed by atoms with Crippen LogP contribution < -0.4 is 5.73 Å². The Labute approximate surface area is 108 Å². The lowest BCUT2D eigenvalue weighted by atomic mass is 10.1. The predicted molar refractivity (Wildman–Crippen MR) is 72.0 cm³/mol. The van der Waals surface area contributed by atoms with Crippen molar-refractivity contribution in [3.8, 4) is 11.8 Å². The van der Waals surface area contributed by atoms with Gasteiger partial charge in [0, 0.05) is 31.5 Å². The fraction of sp³-hybridized carbons (Fsp3) is 0.429. The van der Waals surface area contributed by atoms with Crippen LogP contribution in [0.5, 0.6) is 0 Å². The zero-order chi connectivity index (χ0) is 13.5. The highest BCUT2D eigenvalue weighted by Crippen LogP contribution is 2.06. The van der Waals surface area contributed by atoms with Gasteiger partial charge in [0.1, 0.15) is 0 Å². The average Bonchev–Trinajstić information content (AvgIpc) is 2.35. The Hall–Kier alpha value is -1.86. The monoisotopic (exact) mass is 245 g/mol. The van der Waals surface area contributed by atoms with Crippen LogP contribution in [0.4, 0.5) is 0 Å². The van der Waals surface area contributed by atoms with Crippen LogP contribution in [0.1, 0.15) is 29.8 Å². The first-order valence-corrected chi connectivity index (χ1v) is 5.94. The third-order valence-electron chi connectivity index (χ3n) is 2.31. The van der Waals surface area contributed by atoms with Gasteiger partial charge in [0.2, 0.25) is 0 Å². The smallest absolute Gasteiger partial charge is 0.255 e. The highest BCUT2D eigenvalue weighted by atomic mass is 16.2. The van der Waals surface area contributed by atoms with Crippen molar-refractivity contribution in [2.75, 3.05) is 20.1 Å². The third kappa shape index (κ3) is 4.19. The number of carbonyl (C=O) groups is 1. The van der Waals surface area contributed by atoms with Gasteiger partial charge in [-0.3, -0.25) is 9.78 Å². The van der Waals surface area contributed by atoms with E-state index >= 15 is 0 Å². The molecule has 0 unspecified atom stereocenters. The Morgan fingerprint density at radius 1 is 1.50 bits per heavy atom. The van der Waals surface area contributed by atoms with Gasteiger partial charge in [0.25, 0.3) is 5.91 Å². The predicted octanol–water partition coefficient (Wildman–Crippen LogP) is 1.12. The molecule has 0 aromatic carbocycles. The van der Waals surface area contributed by atoms with Crippen LogP contribution in [-0.2, 0) is 0 Å². The van der Waals surface area contributed by atoms with E-state index in [0.717, 1.165) is 6.54 Å². The molecule has 4 nitrogen and oxygen atoms in total. The SMILES string of the molecule is CC(C)CN(C)C(=O)c1cncc(C#CCN)c1. The van der Waals surface area contributed by atoms with Crippen molar-refractivity contribution in [1.82, 2.24) is 9.88 Å². The largest absolute Gasteiger partial charge is 0.341 e. The normalized spacial score (nSPS) is 9.83. The second kappa shape index (κ2) is 6.77. The number of rotatable bonds is 3. The summed E-state index contributed by atoms with van der Waals surface area (Å²) in [5.41, 5.74) is 6.58. The molecule has 0 radical (unpaired) electrons. The summed E-state index contributed by atoms with van der Waals surface area (Å²) >= 11 is 0. The van der Waals surface area contributed by atoms with E-state index in [4.69, 9.17) is 5.73 Å². The van der Waals surface area contributed by atoms with E-state index in [2.05, 4.69) is 30.7 Å². The number of pyridine rings is 1. The molecule has 18 heavy (non-hydrogen) atoms. The molecule has 0 aliphatic rings. The summed E-state index contributed by atoms with van der Waals surface area (Å²) in [6.07, 6.45) is 3.19. The molecule has 0 saturated heterocycles. The van der Waals surface area contributed by atoms with Crippen molar-refractivity contribution in [3.63, 3.8) is 0 Å². The molecule has 0 aliphatic carbocycles. The van der Waals surface area contributed by atoms with Gasteiger partial charge in [-0.25, -0.2) is 0 Å². The molecule has 0 spiro atoms. The third-order valence-corrected chi connectivity index (χ3v) is 2.31. The summed E-state index contributed by atoms with van der Waals surface area (Å²) in [6, 6.07) is 1.74. The number of nitrogens with zero attached hydrogens (tertiary/aromatic N) is 2. The second-order valence-corrected chi connectivity index (χ2v) is 4.55. The molecule has 0 bridgehead atoms. The maximum absolute atomic E-state index is 12.1. The number of carbonyl (C=O) groups excluding carboxylic acids is 1. The summed E-state index contributed by atoms with van der Waals surface area (Å²) in [4.78, 5) is 17.8. The van der Waals surface area contributed by atoms with Gasteiger partial charge in [0.15, 0.2) is 0 Å². The van der Waals surface area contributed by atoms with E-state index in [1.807, 2.05) is 0 Å². The zero-order valence-corrected chi connectivity index (χ0v) is 11.1. The minimum atomic E-state index is -0.0346. The molecule has 1 aromatic rings. The summed E-state index contributed by atoms with van der Waals surface area (Å²) < 4.78 is 0. The first kappa shape index (κ1) is 14.2. The lowest BCUT2D eigenvalue weighted by molar-refractivity contribution is 0.0778. The highest BCUT2D eigenvalue weighted by Gasteiger charge is 2.13. The molecule has 0 atom stereocenters. The zero-order valence-electron chi connectivity index (χ0n) is 11.1. The molecule has 2 N–H and O–H groups in total. The molecule has 0 saturated carbocycles. The quantitative estimate of drug-likeness (QED) is 0.812. The van der Waals surface area contributed by atoms with Crippen LogP contribution in [0.2, 0.25) is 0 Å². The van der Waals surface area contributed by atoms with Gasteiger partial charge in [-0.05, 0) is 12.0 Å². The van der Waals surface area contributed by atoms with Gasteiger partial charge in [-0.1, -0.05) is 25.7 Å². The van der Waals surface area contributed by atoms with Crippen molar-refractivity contribution in [2.24, 2.45) is 11.7 Å². The van der Waals surface area contributed by atoms with Crippen molar-refractivity contribution < 1.29 is 4.79 Å². The van der Waals surface area contributed by atoms with Crippen LogP contribution >= 0.6 is 0 Å². The molecule has 0 fully saturated rings. The summed E-state index contributed by atoms with van der Waals surface area (Å²) in [7, 11) is 1.79. The van der Waals surface area contributed by atoms with Gasteiger partial charge < -0.3 is 10.6 Å². The van der Waals surface area contributed by atoms with E-state index in [1.165, 1.54) is 0 Å². The van der Waals surface area contributed by atoms with Gasteiger partial charge in [-0.2, -0.15) is 0 Å². The topological polar surface area (TPSA) is 59.2 Å². The van der Waals surface area contributed by atoms with E-state index in [1.54, 1.807) is 30.4 Å². The highest BCUT2D eigenvalue weighted by molar-refractivity contribution is 5.94. The molecule has 1 rings (SSSR count). The van der Waals surface area contributed by atoms with Crippen molar-refractivity contribution in [1.29, 1.82) is 0 Å². The fourth-order valence-electron chi connectivity index (χ4n) is 1.63. The van der Waals surface area contributed by atoms with Gasteiger partial charge in [0.05, 0.1) is 12.1 Å². The van der Waals surface area contributed by atoms with Crippen LogP contribution in [0.15, 0.2) is 18.5 Å². The molecular weight excluding hydrogens is 226 g/mol. The standard InChI is InChI=1S/C14H19N3O/c1-11(2)10-17(3)14(18)13-7-12(5-4-6-15)8-16-9-13/h7-9,11H,6,10,15H2,1-3H3. The number of hydrogen-bond acceptors (Lipinski definition) is 3. The van der Waals surface area contributed by atoms with E-state index in [9.17, 15) is 4.79 Å². The number of amides is 1. The van der Waals surface area contributed by atoms with Crippen molar-refractivity contribution in [2.45, 2.75) is 13.8 Å². The van der Waals surface area contributed by atoms with E-state index in [0.29, 0.717) is 23.6 Å². The van der Waals surface area contributed by atoms with Crippen LogP contribution in [0, 0.1) is 17.8 Å². The first-order valence-electron chi connectivity index (χ1n) is 5.94. The summed E-state index contributed by atoms with van der Waals surface area (Å²) in [6.45, 7) is 5.17. The fourth-order valence-corrected chi connectivity index (χ4v) is 1.63. The van der Waals surface area contributed by atoms with Crippen molar-refractivity contribution >= 4 is 5.91 Å². The molecule has 0 aliphatic heterocycles. The Morgan fingerprint density at radius 2 is 2.22 bits per heavy atom. The molecule has 1 aromatic heterocycles. The molecule has 1 amide bonds. The Bertz CT molecular complexity index is 471. The van der Waals surface area contributed by atoms with Crippen molar-refractivity contribution in [3.05, 3.63) is 29.6 Å². The molecule has 4 heteroatoms.